The van der Waals surface area contributed by atoms with E-state index in [1.807, 2.05) is 0 Å². The standard InChI is InChI=1S/C17H32O4/c1-4-9-18-13-17(19-10-5-2,20-11-6-3)14-7-8-15-16(12-14)21-15/h14-16H,4-13H2,1-3H3. The number of hydrogen-bond acceptors (Lipinski definition) is 4. The molecule has 1 aliphatic carbocycles. The lowest BCUT2D eigenvalue weighted by molar-refractivity contribution is -0.292. The Morgan fingerprint density at radius 2 is 1.57 bits per heavy atom. The second-order valence-corrected chi connectivity index (χ2v) is 6.28. The van der Waals surface area contributed by atoms with Gasteiger partial charge in [0.05, 0.1) is 12.2 Å². The van der Waals surface area contributed by atoms with Gasteiger partial charge in [-0.15, -0.1) is 0 Å². The fourth-order valence-corrected chi connectivity index (χ4v) is 3.19. The third kappa shape index (κ3) is 4.65. The highest BCUT2D eigenvalue weighted by molar-refractivity contribution is 4.96. The molecule has 1 saturated heterocycles. The van der Waals surface area contributed by atoms with Crippen molar-refractivity contribution in [2.45, 2.75) is 77.3 Å². The minimum absolute atomic E-state index is 0.385. The van der Waals surface area contributed by atoms with Gasteiger partial charge in [-0.2, -0.15) is 0 Å². The summed E-state index contributed by atoms with van der Waals surface area (Å²) < 4.78 is 24.0. The molecule has 21 heavy (non-hydrogen) atoms. The molecule has 1 aliphatic heterocycles. The first-order valence-electron chi connectivity index (χ1n) is 8.76. The number of ether oxygens (including phenoxy) is 4. The zero-order chi connectivity index (χ0) is 15.1. The summed E-state index contributed by atoms with van der Waals surface area (Å²) in [5.74, 6) is -0.186. The average molecular weight is 300 g/mol. The Bertz CT molecular complexity index is 287. The van der Waals surface area contributed by atoms with Gasteiger partial charge in [-0.1, -0.05) is 20.8 Å². The van der Waals surface area contributed by atoms with Crippen LogP contribution in [0.1, 0.15) is 59.3 Å². The molecule has 4 nitrogen and oxygen atoms in total. The van der Waals surface area contributed by atoms with Gasteiger partial charge in [0.15, 0.2) is 5.79 Å². The number of hydrogen-bond donors (Lipinski definition) is 0. The van der Waals surface area contributed by atoms with Crippen molar-refractivity contribution < 1.29 is 18.9 Å². The summed E-state index contributed by atoms with van der Waals surface area (Å²) in [4.78, 5) is 0. The summed E-state index contributed by atoms with van der Waals surface area (Å²) in [7, 11) is 0. The quantitative estimate of drug-likeness (QED) is 0.332. The third-order valence-electron chi connectivity index (χ3n) is 4.38. The van der Waals surface area contributed by atoms with Crippen molar-refractivity contribution in [2.24, 2.45) is 5.92 Å². The van der Waals surface area contributed by atoms with Crippen LogP contribution in [0.5, 0.6) is 0 Å². The first kappa shape index (κ1) is 17.2. The highest BCUT2D eigenvalue weighted by Gasteiger charge is 2.51. The maximum Gasteiger partial charge on any atom is 0.194 e. The van der Waals surface area contributed by atoms with Crippen LogP contribution in [0, 0.1) is 5.92 Å². The van der Waals surface area contributed by atoms with Crippen molar-refractivity contribution in [3.8, 4) is 0 Å². The molecule has 0 spiro atoms. The topological polar surface area (TPSA) is 40.2 Å². The van der Waals surface area contributed by atoms with Crippen LogP contribution in [0.4, 0.5) is 0 Å². The molecule has 0 aromatic carbocycles. The summed E-state index contributed by atoms with van der Waals surface area (Å²) in [6, 6.07) is 0. The third-order valence-corrected chi connectivity index (χ3v) is 4.38. The van der Waals surface area contributed by atoms with E-state index in [0.29, 0.717) is 24.7 Å². The van der Waals surface area contributed by atoms with E-state index in [-0.39, 0.29) is 0 Å². The van der Waals surface area contributed by atoms with Gasteiger partial charge < -0.3 is 18.9 Å². The summed E-state index contributed by atoms with van der Waals surface area (Å²) in [5, 5.41) is 0. The van der Waals surface area contributed by atoms with E-state index < -0.39 is 5.79 Å². The SMILES string of the molecule is CCCOCC(OCCC)(OCCC)C1CCC2OC2C1. The lowest BCUT2D eigenvalue weighted by Crippen LogP contribution is -2.50. The van der Waals surface area contributed by atoms with E-state index in [0.717, 1.165) is 58.3 Å². The normalized spacial score (nSPS) is 28.4. The van der Waals surface area contributed by atoms with Crippen LogP contribution in [0.2, 0.25) is 0 Å². The van der Waals surface area contributed by atoms with E-state index in [9.17, 15) is 0 Å². The van der Waals surface area contributed by atoms with Gasteiger partial charge in [-0.3, -0.25) is 0 Å². The minimum atomic E-state index is -0.571. The molecule has 2 fully saturated rings. The second kappa shape index (κ2) is 8.47. The molecule has 0 N–H and O–H groups in total. The van der Waals surface area contributed by atoms with Crippen molar-refractivity contribution in [1.29, 1.82) is 0 Å². The molecule has 4 heteroatoms. The molecule has 3 unspecified atom stereocenters. The predicted octanol–water partition coefficient (Wildman–Crippen LogP) is 3.53. The monoisotopic (exact) mass is 300 g/mol. The first-order chi connectivity index (χ1) is 10.3. The maximum atomic E-state index is 6.23. The Morgan fingerprint density at radius 1 is 0.905 bits per heavy atom. The van der Waals surface area contributed by atoms with Gasteiger partial charge in [0, 0.05) is 25.7 Å². The van der Waals surface area contributed by atoms with E-state index in [2.05, 4.69) is 20.8 Å². The maximum absolute atomic E-state index is 6.23. The molecule has 2 rings (SSSR count). The molecule has 0 bridgehead atoms. The van der Waals surface area contributed by atoms with Crippen molar-refractivity contribution >= 4 is 0 Å². The molecule has 3 atom stereocenters. The predicted molar refractivity (Wildman–Crippen MR) is 82.3 cm³/mol. The molecule has 2 aliphatic rings. The van der Waals surface area contributed by atoms with Crippen molar-refractivity contribution in [3.63, 3.8) is 0 Å². The fourth-order valence-electron chi connectivity index (χ4n) is 3.19. The minimum Gasteiger partial charge on any atom is -0.376 e. The zero-order valence-corrected chi connectivity index (χ0v) is 13.9. The lowest BCUT2D eigenvalue weighted by atomic mass is 9.83. The van der Waals surface area contributed by atoms with Crippen LogP contribution in [-0.4, -0.2) is 44.4 Å². The van der Waals surface area contributed by atoms with Crippen molar-refractivity contribution in [1.82, 2.24) is 0 Å². The van der Waals surface area contributed by atoms with E-state index in [1.54, 1.807) is 0 Å². The smallest absolute Gasteiger partial charge is 0.194 e. The van der Waals surface area contributed by atoms with Crippen LogP contribution < -0.4 is 0 Å². The van der Waals surface area contributed by atoms with Crippen LogP contribution in [0.3, 0.4) is 0 Å². The Morgan fingerprint density at radius 3 is 2.14 bits per heavy atom. The number of fused-ring (bicyclic) bond motifs is 1. The van der Waals surface area contributed by atoms with Crippen molar-refractivity contribution in [2.75, 3.05) is 26.4 Å². The summed E-state index contributed by atoms with van der Waals surface area (Å²) in [6.07, 6.45) is 7.27. The van der Waals surface area contributed by atoms with Gasteiger partial charge >= 0.3 is 0 Å². The van der Waals surface area contributed by atoms with Crippen molar-refractivity contribution in [3.05, 3.63) is 0 Å². The van der Waals surface area contributed by atoms with Gasteiger partial charge in [-0.25, -0.2) is 0 Å². The molecule has 124 valence electrons. The molecular formula is C17H32O4. The molecule has 0 amide bonds. The Kier molecular flexibility index (Phi) is 6.93. The van der Waals surface area contributed by atoms with Crippen LogP contribution >= 0.6 is 0 Å². The van der Waals surface area contributed by atoms with Gasteiger partial charge in [0.2, 0.25) is 0 Å². The zero-order valence-electron chi connectivity index (χ0n) is 13.9. The Balaban J connectivity index is 2.02. The van der Waals surface area contributed by atoms with E-state index in [1.165, 1.54) is 0 Å². The van der Waals surface area contributed by atoms with Gasteiger partial charge in [0.25, 0.3) is 0 Å². The summed E-state index contributed by atoms with van der Waals surface area (Å²) >= 11 is 0. The largest absolute Gasteiger partial charge is 0.376 e. The summed E-state index contributed by atoms with van der Waals surface area (Å²) in [6.45, 7) is 9.17. The summed E-state index contributed by atoms with van der Waals surface area (Å²) in [5.41, 5.74) is 0. The Labute approximate surface area is 129 Å². The van der Waals surface area contributed by atoms with Gasteiger partial charge in [-0.05, 0) is 38.5 Å². The molecule has 1 heterocycles. The number of epoxide rings is 1. The molecular weight excluding hydrogens is 268 g/mol. The molecule has 0 aromatic heterocycles. The van der Waals surface area contributed by atoms with Gasteiger partial charge in [0.1, 0.15) is 6.61 Å². The second-order valence-electron chi connectivity index (χ2n) is 6.28. The highest BCUT2D eigenvalue weighted by Crippen LogP contribution is 2.45. The lowest BCUT2D eigenvalue weighted by Gasteiger charge is -2.41. The molecule has 0 radical (unpaired) electrons. The van der Waals surface area contributed by atoms with Crippen LogP contribution in [-0.2, 0) is 18.9 Å². The average Bonchev–Trinajstić information content (AvgIpc) is 3.28. The fraction of sp³-hybridized carbons (Fsp3) is 1.00. The van der Waals surface area contributed by atoms with E-state index in [4.69, 9.17) is 18.9 Å². The molecule has 0 aromatic rings. The van der Waals surface area contributed by atoms with Crippen LogP contribution in [0.15, 0.2) is 0 Å². The van der Waals surface area contributed by atoms with Crippen LogP contribution in [0.25, 0.3) is 0 Å². The molecule has 1 saturated carbocycles. The van der Waals surface area contributed by atoms with E-state index >= 15 is 0 Å². The number of rotatable bonds is 11. The first-order valence-corrected chi connectivity index (χ1v) is 8.76. The highest BCUT2D eigenvalue weighted by atomic mass is 16.7. The Hall–Kier alpha value is -0.160.